The Morgan fingerprint density at radius 2 is 1.00 bits per heavy atom. The number of hydrogen-bond acceptors (Lipinski definition) is 6. The lowest BCUT2D eigenvalue weighted by Crippen LogP contribution is -2.34. The Morgan fingerprint density at radius 3 is 1.33 bits per heavy atom. The van der Waals surface area contributed by atoms with Gasteiger partial charge in [0.1, 0.15) is 11.5 Å². The molecule has 0 bridgehead atoms. The first-order valence-electron chi connectivity index (χ1n) is 15.2. The van der Waals surface area contributed by atoms with Gasteiger partial charge in [0.25, 0.3) is 0 Å². The fourth-order valence-corrected chi connectivity index (χ4v) is 6.31. The van der Waals surface area contributed by atoms with E-state index in [1.54, 1.807) is 14.2 Å². The van der Waals surface area contributed by atoms with Crippen LogP contribution >= 0.6 is 0 Å². The number of nitrogens with two attached hydrogens (primary N) is 2. The van der Waals surface area contributed by atoms with Gasteiger partial charge in [-0.3, -0.25) is 9.11 Å². The van der Waals surface area contributed by atoms with Crippen LogP contribution in [0.3, 0.4) is 0 Å². The highest BCUT2D eigenvalue weighted by Gasteiger charge is 2.28. The molecule has 0 radical (unpaired) electrons. The van der Waals surface area contributed by atoms with Crippen molar-refractivity contribution in [1.29, 1.82) is 0 Å². The fraction of sp³-hybridized carbons (Fsp3) is 0.333. The van der Waals surface area contributed by atoms with E-state index >= 15 is 0 Å². The molecule has 0 fully saturated rings. The van der Waals surface area contributed by atoms with E-state index in [0.29, 0.717) is 11.8 Å². The van der Waals surface area contributed by atoms with Crippen molar-refractivity contribution < 1.29 is 27.0 Å². The van der Waals surface area contributed by atoms with Crippen molar-refractivity contribution in [3.63, 3.8) is 0 Å². The third-order valence-electron chi connectivity index (χ3n) is 8.63. The van der Waals surface area contributed by atoms with Crippen LogP contribution in [-0.2, 0) is 36.1 Å². The Balaban J connectivity index is 0.000000179. The molecule has 8 nitrogen and oxygen atoms in total. The summed E-state index contributed by atoms with van der Waals surface area (Å²) in [4.78, 5) is 0. The number of ether oxygens (including phenoxy) is 2. The molecule has 0 spiro atoms. The maximum atomic E-state index is 8.74. The first kappa shape index (κ1) is 34.1. The molecular formula is C36H44N2O6S. The lowest BCUT2D eigenvalue weighted by Gasteiger charge is -2.31. The van der Waals surface area contributed by atoms with Crippen molar-refractivity contribution in [1.82, 2.24) is 0 Å². The first-order valence-corrected chi connectivity index (χ1v) is 16.6. The van der Waals surface area contributed by atoms with Crippen LogP contribution in [0.5, 0.6) is 11.5 Å². The summed E-state index contributed by atoms with van der Waals surface area (Å²) in [6, 6.07) is 34.5. The molecule has 0 saturated heterocycles. The second kappa shape index (κ2) is 16.0. The Hall–Kier alpha value is -3.73. The quantitative estimate of drug-likeness (QED) is 0.191. The summed E-state index contributed by atoms with van der Waals surface area (Å²) in [5.41, 5.74) is 21.1. The fourth-order valence-electron chi connectivity index (χ4n) is 6.31. The van der Waals surface area contributed by atoms with Crippen LogP contribution in [0, 0.1) is 0 Å². The normalized spacial score (nSPS) is 20.2. The molecular weight excluding hydrogens is 588 g/mol. The molecule has 4 aromatic carbocycles. The number of benzene rings is 4. The van der Waals surface area contributed by atoms with Gasteiger partial charge in [0.15, 0.2) is 0 Å². The monoisotopic (exact) mass is 632 g/mol. The van der Waals surface area contributed by atoms with Crippen LogP contribution in [0.25, 0.3) is 0 Å². The highest BCUT2D eigenvalue weighted by Crippen LogP contribution is 2.37. The van der Waals surface area contributed by atoms with E-state index in [2.05, 4.69) is 97.1 Å². The number of rotatable bonds is 6. The van der Waals surface area contributed by atoms with Gasteiger partial charge in [0.05, 0.1) is 14.2 Å². The van der Waals surface area contributed by atoms with Gasteiger partial charge in [-0.25, -0.2) is 0 Å². The molecule has 0 heterocycles. The largest absolute Gasteiger partial charge is 0.497 e. The van der Waals surface area contributed by atoms with Crippen molar-refractivity contribution in [2.24, 2.45) is 11.5 Å². The zero-order chi connectivity index (χ0) is 32.4. The summed E-state index contributed by atoms with van der Waals surface area (Å²) in [5, 5.41) is 0. The molecule has 6 N–H and O–H groups in total. The summed E-state index contributed by atoms with van der Waals surface area (Å²) in [6.45, 7) is 0. The maximum absolute atomic E-state index is 8.74. The highest BCUT2D eigenvalue weighted by atomic mass is 32.3. The predicted molar refractivity (Wildman–Crippen MR) is 179 cm³/mol. The molecule has 45 heavy (non-hydrogen) atoms. The topological polar surface area (TPSA) is 145 Å². The summed E-state index contributed by atoms with van der Waals surface area (Å²) in [7, 11) is -1.23. The second-order valence-electron chi connectivity index (χ2n) is 11.6. The molecule has 2 aliphatic carbocycles. The second-order valence-corrected chi connectivity index (χ2v) is 12.5. The number of fused-ring (bicyclic) bond motifs is 2. The Morgan fingerprint density at radius 1 is 0.644 bits per heavy atom. The standard InChI is InChI=1S/2C18H21NO.H2O4S/c2*1-20-15-9-7-14-8-10-18(19)17(16(14)12-15)11-13-5-3-2-4-6-13;1-5(2,3)4/h2*2-7,9,12,17-18H,8,10-11,19H2,1H3;(H2,1,2,3,4)/t2*17-,18+;/m11./s1. The minimum atomic E-state index is -4.67. The average molecular weight is 633 g/mol. The summed E-state index contributed by atoms with van der Waals surface area (Å²) >= 11 is 0. The van der Waals surface area contributed by atoms with E-state index in [9.17, 15) is 0 Å². The van der Waals surface area contributed by atoms with Crippen LogP contribution in [0.15, 0.2) is 97.1 Å². The van der Waals surface area contributed by atoms with Gasteiger partial charge in [-0.2, -0.15) is 8.42 Å². The molecule has 0 amide bonds. The summed E-state index contributed by atoms with van der Waals surface area (Å²) < 4.78 is 42.3. The third kappa shape index (κ3) is 10.1. The average Bonchev–Trinajstić information content (AvgIpc) is 3.04. The smallest absolute Gasteiger partial charge is 0.394 e. The molecule has 9 heteroatoms. The maximum Gasteiger partial charge on any atom is 0.394 e. The minimum absolute atomic E-state index is 0.231. The zero-order valence-electron chi connectivity index (χ0n) is 25.9. The predicted octanol–water partition coefficient (Wildman–Crippen LogP) is 5.94. The van der Waals surface area contributed by atoms with E-state index in [-0.39, 0.29) is 12.1 Å². The van der Waals surface area contributed by atoms with E-state index in [0.717, 1.165) is 50.0 Å². The van der Waals surface area contributed by atoms with Gasteiger partial charge in [-0.05, 0) is 96.2 Å². The van der Waals surface area contributed by atoms with E-state index in [1.807, 2.05) is 0 Å². The van der Waals surface area contributed by atoms with Crippen molar-refractivity contribution >= 4 is 10.4 Å². The summed E-state index contributed by atoms with van der Waals surface area (Å²) in [6.07, 6.45) is 6.29. The molecule has 0 aromatic heterocycles. The molecule has 0 unspecified atom stereocenters. The molecule has 2 aliphatic rings. The molecule has 0 aliphatic heterocycles. The number of methoxy groups -OCH3 is 2. The van der Waals surface area contributed by atoms with Crippen molar-refractivity contribution in [2.75, 3.05) is 14.2 Å². The summed E-state index contributed by atoms with van der Waals surface area (Å²) in [5.74, 6) is 2.62. The molecule has 4 aromatic rings. The number of aryl methyl sites for hydroxylation is 2. The van der Waals surface area contributed by atoms with Crippen LogP contribution in [0.4, 0.5) is 0 Å². The molecule has 6 rings (SSSR count). The van der Waals surface area contributed by atoms with Crippen molar-refractivity contribution in [3.8, 4) is 11.5 Å². The van der Waals surface area contributed by atoms with E-state index in [1.165, 1.54) is 33.4 Å². The Bertz CT molecular complexity index is 1500. The van der Waals surface area contributed by atoms with Gasteiger partial charge in [0.2, 0.25) is 0 Å². The van der Waals surface area contributed by atoms with Gasteiger partial charge < -0.3 is 20.9 Å². The highest BCUT2D eigenvalue weighted by molar-refractivity contribution is 7.79. The van der Waals surface area contributed by atoms with Crippen LogP contribution in [-0.4, -0.2) is 43.8 Å². The van der Waals surface area contributed by atoms with E-state index < -0.39 is 10.4 Å². The van der Waals surface area contributed by atoms with Gasteiger partial charge >= 0.3 is 10.4 Å². The zero-order valence-corrected chi connectivity index (χ0v) is 26.7. The van der Waals surface area contributed by atoms with E-state index in [4.69, 9.17) is 38.5 Å². The molecule has 240 valence electrons. The number of hydrogen-bond donors (Lipinski definition) is 4. The SMILES string of the molecule is COc1ccc2c(c1)[C@@H](Cc1ccccc1)[C@@H](N)CC2.COc1ccc2c(c1)[C@@H](Cc1ccccc1)[C@@H](N)CC2.O=S(=O)(O)O. The lowest BCUT2D eigenvalue weighted by atomic mass is 9.76. The molecule has 4 atom stereocenters. The van der Waals surface area contributed by atoms with Crippen LogP contribution in [0.2, 0.25) is 0 Å². The van der Waals surface area contributed by atoms with Crippen molar-refractivity contribution in [2.45, 2.75) is 62.4 Å². The van der Waals surface area contributed by atoms with Gasteiger partial charge in [-0.1, -0.05) is 72.8 Å². The first-order chi connectivity index (χ1) is 21.6. The Labute approximate surface area is 267 Å². The van der Waals surface area contributed by atoms with Crippen LogP contribution in [0.1, 0.15) is 58.1 Å². The Kier molecular flexibility index (Phi) is 12.2. The molecule has 0 saturated carbocycles. The van der Waals surface area contributed by atoms with Crippen LogP contribution < -0.4 is 20.9 Å². The van der Waals surface area contributed by atoms with Gasteiger partial charge in [-0.15, -0.1) is 0 Å². The van der Waals surface area contributed by atoms with Crippen molar-refractivity contribution in [3.05, 3.63) is 130 Å². The van der Waals surface area contributed by atoms with Gasteiger partial charge in [0, 0.05) is 23.9 Å². The minimum Gasteiger partial charge on any atom is -0.497 e. The lowest BCUT2D eigenvalue weighted by molar-refractivity contribution is 0.381. The third-order valence-corrected chi connectivity index (χ3v) is 8.63.